The van der Waals surface area contributed by atoms with Gasteiger partial charge in [0.1, 0.15) is 42.3 Å². The first-order valence-corrected chi connectivity index (χ1v) is 24.5. The van der Waals surface area contributed by atoms with E-state index in [-0.39, 0.29) is 63.7 Å². The first-order valence-electron chi connectivity index (χ1n) is 24.5. The van der Waals surface area contributed by atoms with E-state index in [4.69, 9.17) is 11.5 Å². The Kier molecular flexibility index (Phi) is 27.7. The minimum atomic E-state index is -1.64. The Morgan fingerprint density at radius 2 is 1.21 bits per heavy atom. The van der Waals surface area contributed by atoms with Crippen LogP contribution in [0.1, 0.15) is 114 Å². The predicted molar refractivity (Wildman–Crippen MR) is 263 cm³/mol. The standard InChI is InChI=1S/C46H83N13O12/c1-12-17-30(39(65)55-36(25(7)13-2)42(68)53-31(18-16-19-50-46(47)48)45(71)59-22-29(62)20-32(59)40(66)49-15-4)52-44(70)38(27(9)60)57-43(69)37(26(8)14-3)56-41(67)35(24(5)6)54-33(63)21-51-34(64)23-58(11)28(10)61/h24-27,29-32,35-38,60,62H,12-23H2,1-11H3,(H,49,66)(H,51,64)(H,52,70)(H,53,68)(H,54,63)(H,55,65)(H,56,67)(H,57,69)(H4,47,48,50)/t25-,26-,27+,29+,30-,31-,32-,35-,36-,37+,38-/m0/s1. The summed E-state index contributed by atoms with van der Waals surface area (Å²) in [5.41, 5.74) is 11.0. The molecule has 1 aliphatic heterocycles. The number of likely N-dealkylation sites (tertiary alicyclic amines) is 1. The maximum absolute atomic E-state index is 14.2. The van der Waals surface area contributed by atoms with Gasteiger partial charge in [0.05, 0.1) is 25.3 Å². The molecule has 1 heterocycles. The molecule has 0 bridgehead atoms. The van der Waals surface area contributed by atoms with E-state index in [0.717, 1.165) is 4.90 Å². The minimum Gasteiger partial charge on any atom is -0.391 e. The molecule has 25 nitrogen and oxygen atoms in total. The third-order valence-electron chi connectivity index (χ3n) is 12.3. The number of nitrogens with two attached hydrogens (primary N) is 2. The lowest BCUT2D eigenvalue weighted by molar-refractivity contribution is -0.142. The van der Waals surface area contributed by atoms with Crippen molar-refractivity contribution in [1.82, 2.24) is 52.3 Å². The maximum Gasteiger partial charge on any atom is 0.245 e. The Labute approximate surface area is 417 Å². The number of likely N-dealkylation sites (N-methyl/N-ethyl adjacent to an activating group) is 2. The SMILES string of the molecule is CCC[C@H](NC(=O)[C@@H](NC(=O)[C@H](NC(=O)[C@@H](NC(=O)CNC(=O)CN(C)C(C)=O)C(C)C)[C@@H](C)CC)[C@@H](C)O)C(=O)N[C@H](C(=O)N[C@@H](CCCN=C(N)N)C(=O)N1C[C@H](O)C[C@H]1C(=O)NCC)[C@@H](C)CC. The van der Waals surface area contributed by atoms with E-state index in [9.17, 15) is 58.2 Å². The number of rotatable bonds is 30. The van der Waals surface area contributed by atoms with E-state index in [1.165, 1.54) is 25.8 Å². The van der Waals surface area contributed by atoms with Crippen LogP contribution in [0.3, 0.4) is 0 Å². The smallest absolute Gasteiger partial charge is 0.245 e. The van der Waals surface area contributed by atoms with Crippen LogP contribution in [0.25, 0.3) is 0 Å². The largest absolute Gasteiger partial charge is 0.391 e. The number of β-amino-alcohol motifs (C(OH)–C–C–N with tert-alkyl or cyclic N) is 1. The van der Waals surface area contributed by atoms with Crippen molar-refractivity contribution in [3.63, 3.8) is 0 Å². The van der Waals surface area contributed by atoms with Gasteiger partial charge in [0.15, 0.2) is 5.96 Å². The van der Waals surface area contributed by atoms with Gasteiger partial charge in [-0.15, -0.1) is 0 Å². The van der Waals surface area contributed by atoms with Gasteiger partial charge in [0.25, 0.3) is 0 Å². The molecule has 0 aromatic rings. The number of nitrogens with one attached hydrogen (secondary N) is 8. The van der Waals surface area contributed by atoms with Crippen molar-refractivity contribution in [3.05, 3.63) is 0 Å². The van der Waals surface area contributed by atoms with E-state index in [1.807, 2.05) is 0 Å². The molecule has 0 saturated carbocycles. The van der Waals surface area contributed by atoms with Crippen LogP contribution < -0.4 is 54.0 Å². The lowest BCUT2D eigenvalue weighted by Crippen LogP contribution is -2.63. The Balaban J connectivity index is 3.33. The van der Waals surface area contributed by atoms with Gasteiger partial charge < -0.3 is 74.0 Å². The molecule has 25 heteroatoms. The monoisotopic (exact) mass is 1010 g/mol. The number of carbonyl (C=O) groups is 10. The number of aliphatic hydroxyl groups is 2. The summed E-state index contributed by atoms with van der Waals surface area (Å²) in [5, 5.41) is 42.1. The average molecular weight is 1010 g/mol. The highest BCUT2D eigenvalue weighted by Crippen LogP contribution is 2.21. The normalized spacial score (nSPS) is 18.1. The zero-order valence-electron chi connectivity index (χ0n) is 43.4. The quantitative estimate of drug-likeness (QED) is 0.0190. The topological polar surface area (TPSA) is 378 Å². The number of guanidine groups is 1. The summed E-state index contributed by atoms with van der Waals surface area (Å²) in [6.45, 7) is 15.7. The van der Waals surface area contributed by atoms with Gasteiger partial charge in [-0.3, -0.25) is 52.9 Å². The van der Waals surface area contributed by atoms with Gasteiger partial charge in [-0.1, -0.05) is 67.7 Å². The molecule has 14 N–H and O–H groups in total. The summed E-state index contributed by atoms with van der Waals surface area (Å²) in [6, 6.07) is -8.84. The van der Waals surface area contributed by atoms with Crippen LogP contribution in [0.5, 0.6) is 0 Å². The molecule has 0 unspecified atom stereocenters. The van der Waals surface area contributed by atoms with Crippen LogP contribution in [0.2, 0.25) is 0 Å². The molecule has 0 spiro atoms. The number of aliphatic hydroxyl groups excluding tert-OH is 2. The van der Waals surface area contributed by atoms with Crippen molar-refractivity contribution in [1.29, 1.82) is 0 Å². The number of hydrogen-bond donors (Lipinski definition) is 12. The summed E-state index contributed by atoms with van der Waals surface area (Å²) in [4.78, 5) is 140. The highest BCUT2D eigenvalue weighted by molar-refractivity contribution is 5.98. The highest BCUT2D eigenvalue weighted by Gasteiger charge is 2.42. The van der Waals surface area contributed by atoms with Crippen molar-refractivity contribution in [2.75, 3.05) is 39.8 Å². The van der Waals surface area contributed by atoms with E-state index in [0.29, 0.717) is 19.3 Å². The lowest BCUT2D eigenvalue weighted by Gasteiger charge is -2.32. The van der Waals surface area contributed by atoms with Crippen molar-refractivity contribution in [2.45, 2.75) is 169 Å². The van der Waals surface area contributed by atoms with Crippen LogP contribution in [0.15, 0.2) is 4.99 Å². The summed E-state index contributed by atoms with van der Waals surface area (Å²) < 4.78 is 0. The van der Waals surface area contributed by atoms with Crippen LogP contribution >= 0.6 is 0 Å². The van der Waals surface area contributed by atoms with Gasteiger partial charge in [-0.25, -0.2) is 0 Å². The molecule has 71 heavy (non-hydrogen) atoms. The lowest BCUT2D eigenvalue weighted by atomic mass is 9.95. The average Bonchev–Trinajstić information content (AvgIpc) is 3.70. The first-order chi connectivity index (χ1) is 33.2. The Bertz CT molecular complexity index is 1860. The Morgan fingerprint density at radius 3 is 1.72 bits per heavy atom. The number of aliphatic imine (C=N–C) groups is 1. The van der Waals surface area contributed by atoms with E-state index >= 15 is 0 Å². The van der Waals surface area contributed by atoms with Crippen LogP contribution in [-0.2, 0) is 47.9 Å². The molecular weight excluding hydrogens is 927 g/mol. The van der Waals surface area contributed by atoms with Crippen LogP contribution in [0, 0.1) is 17.8 Å². The first kappa shape index (κ1) is 62.9. The summed E-state index contributed by atoms with van der Waals surface area (Å²) in [5.74, 6) is -8.54. The summed E-state index contributed by atoms with van der Waals surface area (Å²) in [7, 11) is 1.42. The number of amides is 10. The fourth-order valence-corrected chi connectivity index (χ4v) is 7.51. The highest BCUT2D eigenvalue weighted by atomic mass is 16.3. The Morgan fingerprint density at radius 1 is 0.690 bits per heavy atom. The van der Waals surface area contributed by atoms with Gasteiger partial charge in [0, 0.05) is 40.0 Å². The van der Waals surface area contributed by atoms with E-state index in [1.54, 1.807) is 55.4 Å². The van der Waals surface area contributed by atoms with Crippen molar-refractivity contribution >= 4 is 65.0 Å². The number of carbonyl (C=O) groups excluding carboxylic acids is 10. The Hall–Kier alpha value is -6.11. The predicted octanol–water partition coefficient (Wildman–Crippen LogP) is -3.43. The summed E-state index contributed by atoms with van der Waals surface area (Å²) >= 11 is 0. The second-order valence-electron chi connectivity index (χ2n) is 18.6. The molecule has 1 fully saturated rings. The summed E-state index contributed by atoms with van der Waals surface area (Å²) in [6.07, 6.45) is -1.07. The third-order valence-corrected chi connectivity index (χ3v) is 12.3. The third kappa shape index (κ3) is 21.0. The molecule has 10 amide bonds. The fraction of sp³-hybridized carbons (Fsp3) is 0.761. The molecular formula is C46H83N13O12. The second kappa shape index (κ2) is 31.3. The molecule has 0 aliphatic carbocycles. The van der Waals surface area contributed by atoms with E-state index < -0.39 is 132 Å². The van der Waals surface area contributed by atoms with Crippen LogP contribution in [-0.4, -0.2) is 179 Å². The van der Waals surface area contributed by atoms with Gasteiger partial charge in [-0.2, -0.15) is 0 Å². The number of hydrogen-bond acceptors (Lipinski definition) is 13. The number of nitrogens with zero attached hydrogens (tertiary/aromatic N) is 3. The maximum atomic E-state index is 14.2. The molecule has 0 radical (unpaired) electrons. The van der Waals surface area contributed by atoms with E-state index in [2.05, 4.69) is 47.5 Å². The van der Waals surface area contributed by atoms with Gasteiger partial charge in [0.2, 0.25) is 59.1 Å². The van der Waals surface area contributed by atoms with Crippen LogP contribution in [0.4, 0.5) is 0 Å². The van der Waals surface area contributed by atoms with Crippen molar-refractivity contribution < 1.29 is 58.2 Å². The molecule has 0 aromatic heterocycles. The van der Waals surface area contributed by atoms with Gasteiger partial charge >= 0.3 is 0 Å². The van der Waals surface area contributed by atoms with Gasteiger partial charge in [-0.05, 0) is 50.9 Å². The molecule has 404 valence electrons. The molecule has 1 aliphatic rings. The zero-order chi connectivity index (χ0) is 54.3. The molecule has 1 saturated heterocycles. The zero-order valence-corrected chi connectivity index (χ0v) is 43.4. The molecule has 11 atom stereocenters. The van der Waals surface area contributed by atoms with Crippen molar-refractivity contribution in [3.8, 4) is 0 Å². The molecule has 0 aromatic carbocycles. The molecule has 1 rings (SSSR count). The minimum absolute atomic E-state index is 0.00836. The fourth-order valence-electron chi connectivity index (χ4n) is 7.51. The second-order valence-corrected chi connectivity index (χ2v) is 18.6. The van der Waals surface area contributed by atoms with Crippen molar-refractivity contribution in [2.24, 2.45) is 34.2 Å².